The van der Waals surface area contributed by atoms with Gasteiger partial charge in [-0.15, -0.1) is 10.2 Å². The monoisotopic (exact) mass is 275 g/mol. The molecule has 2 aromatic rings. The van der Waals surface area contributed by atoms with Gasteiger partial charge in [-0.3, -0.25) is 4.79 Å². The lowest BCUT2D eigenvalue weighted by atomic mass is 9.96. The topological polar surface area (TPSA) is 54.9 Å². The number of hydrogen-bond acceptors (Lipinski definition) is 4. The van der Waals surface area contributed by atoms with Gasteiger partial charge in [0, 0.05) is 11.0 Å². The molecule has 0 saturated heterocycles. The number of hydrogen-bond donors (Lipinski definition) is 1. The van der Waals surface area contributed by atoms with Gasteiger partial charge in [-0.25, -0.2) is 0 Å². The van der Waals surface area contributed by atoms with E-state index in [9.17, 15) is 4.79 Å². The van der Waals surface area contributed by atoms with E-state index in [-0.39, 0.29) is 5.91 Å². The van der Waals surface area contributed by atoms with Crippen molar-refractivity contribution in [1.82, 2.24) is 10.2 Å². The largest absolute Gasteiger partial charge is 0.300 e. The summed E-state index contributed by atoms with van der Waals surface area (Å²) in [5.41, 5.74) is 1.76. The van der Waals surface area contributed by atoms with E-state index in [2.05, 4.69) is 21.6 Å². The van der Waals surface area contributed by atoms with Crippen LogP contribution < -0.4 is 5.32 Å². The van der Waals surface area contributed by atoms with Gasteiger partial charge < -0.3 is 5.32 Å². The van der Waals surface area contributed by atoms with Gasteiger partial charge in [-0.2, -0.15) is 0 Å². The van der Waals surface area contributed by atoms with Gasteiger partial charge in [0.2, 0.25) is 11.0 Å². The number of rotatable bonds is 2. The van der Waals surface area contributed by atoms with E-state index in [0.29, 0.717) is 5.13 Å². The van der Waals surface area contributed by atoms with Crippen molar-refractivity contribution in [3.63, 3.8) is 0 Å². The van der Waals surface area contributed by atoms with Gasteiger partial charge in [0.15, 0.2) is 0 Å². The highest BCUT2D eigenvalue weighted by atomic mass is 32.1. The number of anilines is 1. The Labute approximate surface area is 116 Å². The summed E-state index contributed by atoms with van der Waals surface area (Å²) in [6, 6.07) is 8.06. The molecule has 19 heavy (non-hydrogen) atoms. The zero-order valence-corrected chi connectivity index (χ0v) is 12.3. The zero-order chi connectivity index (χ0) is 14.0. The summed E-state index contributed by atoms with van der Waals surface area (Å²) in [5.74, 6) is -0.0561. The van der Waals surface area contributed by atoms with E-state index >= 15 is 0 Å². The summed E-state index contributed by atoms with van der Waals surface area (Å²) in [5, 5.41) is 12.3. The van der Waals surface area contributed by atoms with E-state index in [0.717, 1.165) is 10.6 Å². The van der Waals surface area contributed by atoms with E-state index in [1.807, 2.05) is 45.9 Å². The van der Waals surface area contributed by atoms with Gasteiger partial charge in [-0.1, -0.05) is 55.9 Å². The van der Waals surface area contributed by atoms with Crippen LogP contribution in [0.4, 0.5) is 5.13 Å². The fourth-order valence-corrected chi connectivity index (χ4v) is 2.19. The van der Waals surface area contributed by atoms with Crippen molar-refractivity contribution < 1.29 is 4.79 Å². The highest BCUT2D eigenvalue weighted by molar-refractivity contribution is 7.18. The number of amides is 1. The molecule has 0 atom stereocenters. The normalized spacial score (nSPS) is 11.4. The molecule has 0 fully saturated rings. The predicted octanol–water partition coefficient (Wildman–Crippen LogP) is 3.50. The zero-order valence-electron chi connectivity index (χ0n) is 11.5. The van der Waals surface area contributed by atoms with Gasteiger partial charge in [0.1, 0.15) is 5.01 Å². The first kappa shape index (κ1) is 13.7. The molecule has 0 aliphatic heterocycles. The molecule has 0 saturated carbocycles. The summed E-state index contributed by atoms with van der Waals surface area (Å²) < 4.78 is 0. The van der Waals surface area contributed by atoms with Gasteiger partial charge >= 0.3 is 0 Å². The van der Waals surface area contributed by atoms with Crippen LogP contribution in [0.2, 0.25) is 0 Å². The van der Waals surface area contributed by atoms with E-state index < -0.39 is 5.41 Å². The van der Waals surface area contributed by atoms with Gasteiger partial charge in [0.05, 0.1) is 0 Å². The molecular weight excluding hydrogens is 258 g/mol. The molecular formula is C14H17N3OS. The Balaban J connectivity index is 2.18. The van der Waals surface area contributed by atoms with Crippen molar-refractivity contribution >= 4 is 22.4 Å². The molecule has 1 amide bonds. The van der Waals surface area contributed by atoms with Crippen LogP contribution in [-0.2, 0) is 4.79 Å². The minimum Gasteiger partial charge on any atom is -0.300 e. The molecule has 4 nitrogen and oxygen atoms in total. The second-order valence-corrected chi connectivity index (χ2v) is 6.46. The number of nitrogens with one attached hydrogen (secondary N) is 1. The predicted molar refractivity (Wildman–Crippen MR) is 78.2 cm³/mol. The van der Waals surface area contributed by atoms with Crippen molar-refractivity contribution in [1.29, 1.82) is 0 Å². The highest BCUT2D eigenvalue weighted by Crippen LogP contribution is 2.27. The van der Waals surface area contributed by atoms with Crippen LogP contribution in [0.3, 0.4) is 0 Å². The molecule has 0 spiro atoms. The van der Waals surface area contributed by atoms with E-state index in [1.165, 1.54) is 16.9 Å². The minimum absolute atomic E-state index is 0.0561. The maximum Gasteiger partial charge on any atom is 0.231 e. The first-order valence-corrected chi connectivity index (χ1v) is 6.90. The summed E-state index contributed by atoms with van der Waals surface area (Å²) in [4.78, 5) is 11.9. The lowest BCUT2D eigenvalue weighted by molar-refractivity contribution is -0.123. The molecule has 0 bridgehead atoms. The van der Waals surface area contributed by atoms with Crippen LogP contribution in [-0.4, -0.2) is 16.1 Å². The Bertz CT molecular complexity index is 599. The van der Waals surface area contributed by atoms with Crippen molar-refractivity contribution in [2.24, 2.45) is 5.41 Å². The van der Waals surface area contributed by atoms with Crippen LogP contribution in [0.1, 0.15) is 26.3 Å². The number of aryl methyl sites for hydroxylation is 1. The minimum atomic E-state index is -0.435. The number of carbonyl (C=O) groups is 1. The third-order valence-corrected chi connectivity index (χ3v) is 3.48. The number of aromatic nitrogens is 2. The lowest BCUT2D eigenvalue weighted by Gasteiger charge is -2.15. The Kier molecular flexibility index (Phi) is 3.66. The first-order valence-electron chi connectivity index (χ1n) is 6.08. The summed E-state index contributed by atoms with van der Waals surface area (Å²) >= 11 is 1.38. The number of nitrogens with zero attached hydrogens (tertiary/aromatic N) is 2. The second-order valence-electron chi connectivity index (χ2n) is 5.49. The van der Waals surface area contributed by atoms with Gasteiger partial charge in [0.25, 0.3) is 0 Å². The SMILES string of the molecule is Cc1cccc(-c2nnc(NC(=O)C(C)(C)C)s2)c1. The average molecular weight is 275 g/mol. The Hall–Kier alpha value is -1.75. The molecule has 0 aliphatic rings. The average Bonchev–Trinajstić information content (AvgIpc) is 2.76. The molecule has 100 valence electrons. The van der Waals surface area contributed by atoms with Crippen molar-refractivity contribution in [2.45, 2.75) is 27.7 Å². The molecule has 1 aromatic heterocycles. The smallest absolute Gasteiger partial charge is 0.231 e. The molecule has 0 radical (unpaired) electrons. The summed E-state index contributed by atoms with van der Waals surface area (Å²) in [6.07, 6.45) is 0. The third-order valence-electron chi connectivity index (χ3n) is 2.59. The summed E-state index contributed by atoms with van der Waals surface area (Å²) in [6.45, 7) is 7.63. The van der Waals surface area contributed by atoms with Crippen LogP contribution in [0, 0.1) is 12.3 Å². The second kappa shape index (κ2) is 5.09. The maximum absolute atomic E-state index is 11.9. The molecule has 1 heterocycles. The van der Waals surface area contributed by atoms with Crippen LogP contribution in [0.5, 0.6) is 0 Å². The molecule has 2 rings (SSSR count). The maximum atomic E-state index is 11.9. The fraction of sp³-hybridized carbons (Fsp3) is 0.357. The van der Waals surface area contributed by atoms with Crippen LogP contribution in [0.25, 0.3) is 10.6 Å². The molecule has 0 aliphatic carbocycles. The highest BCUT2D eigenvalue weighted by Gasteiger charge is 2.22. The van der Waals surface area contributed by atoms with Gasteiger partial charge in [-0.05, 0) is 13.0 Å². The third kappa shape index (κ3) is 3.38. The first-order chi connectivity index (χ1) is 8.86. The lowest BCUT2D eigenvalue weighted by Crippen LogP contribution is -2.27. The molecule has 5 heteroatoms. The number of carbonyl (C=O) groups excluding carboxylic acids is 1. The Morgan fingerprint density at radius 2 is 2.00 bits per heavy atom. The molecule has 1 N–H and O–H groups in total. The van der Waals surface area contributed by atoms with E-state index in [1.54, 1.807) is 0 Å². The number of benzene rings is 1. The van der Waals surface area contributed by atoms with Crippen LogP contribution in [0.15, 0.2) is 24.3 Å². The summed E-state index contributed by atoms with van der Waals surface area (Å²) in [7, 11) is 0. The van der Waals surface area contributed by atoms with Crippen molar-refractivity contribution in [3.8, 4) is 10.6 Å². The Morgan fingerprint density at radius 1 is 1.26 bits per heavy atom. The van der Waals surface area contributed by atoms with Crippen LogP contribution >= 0.6 is 11.3 Å². The fourth-order valence-electron chi connectivity index (χ4n) is 1.45. The molecule has 0 unspecified atom stereocenters. The standard InChI is InChI=1S/C14H17N3OS/c1-9-6-5-7-10(8-9)11-16-17-13(19-11)15-12(18)14(2,3)4/h5-8H,1-4H3,(H,15,17,18). The van der Waals surface area contributed by atoms with Crippen molar-refractivity contribution in [3.05, 3.63) is 29.8 Å². The quantitative estimate of drug-likeness (QED) is 0.912. The van der Waals surface area contributed by atoms with E-state index in [4.69, 9.17) is 0 Å². The molecule has 1 aromatic carbocycles. The Morgan fingerprint density at radius 3 is 2.63 bits per heavy atom. The van der Waals surface area contributed by atoms with Crippen molar-refractivity contribution in [2.75, 3.05) is 5.32 Å².